The fraction of sp³-hybridized carbons (Fsp3) is 0.800. The molecule has 2 rings (SSSR count). The molecule has 1 atom stereocenters. The molecule has 0 amide bonds. The van der Waals surface area contributed by atoms with Gasteiger partial charge in [-0.1, -0.05) is 0 Å². The highest BCUT2D eigenvalue weighted by Gasteiger charge is 2.24. The minimum absolute atomic E-state index is 0.748. The third-order valence-electron chi connectivity index (χ3n) is 3.02. The highest BCUT2D eigenvalue weighted by Crippen LogP contribution is 2.25. The van der Waals surface area contributed by atoms with E-state index in [-0.39, 0.29) is 0 Å². The van der Waals surface area contributed by atoms with E-state index in [0.29, 0.717) is 0 Å². The molecule has 0 spiro atoms. The maximum atomic E-state index is 3.34. The van der Waals surface area contributed by atoms with E-state index in [2.05, 4.69) is 23.5 Å². The van der Waals surface area contributed by atoms with Crippen molar-refractivity contribution < 1.29 is 0 Å². The van der Waals surface area contributed by atoms with E-state index < -0.39 is 0 Å². The van der Waals surface area contributed by atoms with Gasteiger partial charge in [-0.25, -0.2) is 0 Å². The molecule has 0 aliphatic carbocycles. The first kappa shape index (κ1) is 8.11. The molecule has 1 fully saturated rings. The number of likely N-dealkylation sites (tertiary alicyclic amines) is 1. The summed E-state index contributed by atoms with van der Waals surface area (Å²) in [5.41, 5.74) is 1.63. The second kappa shape index (κ2) is 3.48. The Hall–Kier alpha value is -0.500. The lowest BCUT2D eigenvalue weighted by Crippen LogP contribution is -2.30. The van der Waals surface area contributed by atoms with Crippen molar-refractivity contribution in [3.63, 3.8) is 0 Å². The van der Waals surface area contributed by atoms with Crippen molar-refractivity contribution in [3.8, 4) is 0 Å². The first-order valence-electron chi connectivity index (χ1n) is 5.00. The van der Waals surface area contributed by atoms with E-state index in [1.165, 1.54) is 38.8 Å². The van der Waals surface area contributed by atoms with E-state index in [1.807, 2.05) is 0 Å². The van der Waals surface area contributed by atoms with Gasteiger partial charge < -0.3 is 5.32 Å². The maximum absolute atomic E-state index is 3.34. The molecule has 12 heavy (non-hydrogen) atoms. The summed E-state index contributed by atoms with van der Waals surface area (Å²) in [6, 6.07) is 0.748. The molecule has 2 heterocycles. The quantitative estimate of drug-likeness (QED) is 0.632. The normalized spacial score (nSPS) is 31.4. The Morgan fingerprint density at radius 1 is 1.50 bits per heavy atom. The van der Waals surface area contributed by atoms with Crippen molar-refractivity contribution in [1.29, 1.82) is 0 Å². The second-order valence-electron chi connectivity index (χ2n) is 3.92. The summed E-state index contributed by atoms with van der Waals surface area (Å²) in [6.07, 6.45) is 7.61. The van der Waals surface area contributed by atoms with Gasteiger partial charge >= 0.3 is 0 Å². The van der Waals surface area contributed by atoms with Crippen LogP contribution in [0, 0.1) is 0 Å². The van der Waals surface area contributed by atoms with Crippen molar-refractivity contribution >= 4 is 0 Å². The molecule has 2 nitrogen and oxygen atoms in total. The van der Waals surface area contributed by atoms with E-state index in [9.17, 15) is 0 Å². The summed E-state index contributed by atoms with van der Waals surface area (Å²) in [6.45, 7) is 2.45. The maximum Gasteiger partial charge on any atom is 0.0322 e. The average molecular weight is 166 g/mol. The van der Waals surface area contributed by atoms with Gasteiger partial charge in [0.1, 0.15) is 0 Å². The molecule has 0 aromatic heterocycles. The minimum Gasteiger partial charge on any atom is -0.391 e. The Morgan fingerprint density at radius 2 is 2.42 bits per heavy atom. The first-order valence-corrected chi connectivity index (χ1v) is 5.00. The van der Waals surface area contributed by atoms with Crippen molar-refractivity contribution in [2.45, 2.75) is 31.7 Å². The monoisotopic (exact) mass is 166 g/mol. The molecule has 0 bridgehead atoms. The molecule has 1 saturated heterocycles. The van der Waals surface area contributed by atoms with Crippen LogP contribution in [0.2, 0.25) is 0 Å². The number of nitrogens with zero attached hydrogens (tertiary/aromatic N) is 1. The van der Waals surface area contributed by atoms with Crippen LogP contribution in [-0.4, -0.2) is 31.1 Å². The topological polar surface area (TPSA) is 15.3 Å². The highest BCUT2D eigenvalue weighted by molar-refractivity contribution is 5.14. The molecule has 68 valence electrons. The Labute approximate surface area is 74.6 Å². The molecule has 2 aliphatic rings. The summed E-state index contributed by atoms with van der Waals surface area (Å²) < 4.78 is 0. The van der Waals surface area contributed by atoms with Crippen LogP contribution in [0.25, 0.3) is 0 Å². The lowest BCUT2D eigenvalue weighted by Gasteiger charge is -2.25. The average Bonchev–Trinajstić information content (AvgIpc) is 2.53. The molecule has 1 unspecified atom stereocenters. The SMILES string of the molecule is CN1CCCC1C1=CNCCC1. The molecule has 0 aromatic rings. The van der Waals surface area contributed by atoms with Crippen LogP contribution < -0.4 is 5.32 Å². The van der Waals surface area contributed by atoms with Crippen LogP contribution in [0.1, 0.15) is 25.7 Å². The van der Waals surface area contributed by atoms with Crippen LogP contribution in [-0.2, 0) is 0 Å². The van der Waals surface area contributed by atoms with Gasteiger partial charge in [0.05, 0.1) is 0 Å². The van der Waals surface area contributed by atoms with Crippen molar-refractivity contribution in [2.24, 2.45) is 0 Å². The summed E-state index contributed by atoms with van der Waals surface area (Å²) in [4.78, 5) is 2.48. The summed E-state index contributed by atoms with van der Waals surface area (Å²) in [5.74, 6) is 0. The molecule has 2 heteroatoms. The van der Waals surface area contributed by atoms with Gasteiger partial charge in [0.2, 0.25) is 0 Å². The van der Waals surface area contributed by atoms with Crippen LogP contribution in [0.4, 0.5) is 0 Å². The highest BCUT2D eigenvalue weighted by atomic mass is 15.1. The van der Waals surface area contributed by atoms with E-state index in [4.69, 9.17) is 0 Å². The fourth-order valence-electron chi connectivity index (χ4n) is 2.31. The van der Waals surface area contributed by atoms with Gasteiger partial charge in [0.15, 0.2) is 0 Å². The van der Waals surface area contributed by atoms with E-state index >= 15 is 0 Å². The van der Waals surface area contributed by atoms with Crippen LogP contribution >= 0.6 is 0 Å². The third-order valence-corrected chi connectivity index (χ3v) is 3.02. The number of nitrogens with one attached hydrogen (secondary N) is 1. The zero-order valence-electron chi connectivity index (χ0n) is 7.84. The van der Waals surface area contributed by atoms with Crippen molar-refractivity contribution in [3.05, 3.63) is 11.8 Å². The fourth-order valence-corrected chi connectivity index (χ4v) is 2.31. The number of rotatable bonds is 1. The Balaban J connectivity index is 2.02. The molecule has 0 radical (unpaired) electrons. The molecule has 0 saturated carbocycles. The zero-order valence-corrected chi connectivity index (χ0v) is 7.84. The smallest absolute Gasteiger partial charge is 0.0322 e. The van der Waals surface area contributed by atoms with E-state index in [0.717, 1.165) is 6.04 Å². The van der Waals surface area contributed by atoms with Gasteiger partial charge in [-0.3, -0.25) is 4.90 Å². The Morgan fingerprint density at radius 3 is 3.00 bits per heavy atom. The minimum atomic E-state index is 0.748. The van der Waals surface area contributed by atoms with Crippen molar-refractivity contribution in [2.75, 3.05) is 20.1 Å². The van der Waals surface area contributed by atoms with Gasteiger partial charge in [-0.15, -0.1) is 0 Å². The lowest BCUT2D eigenvalue weighted by molar-refractivity contribution is 0.334. The Kier molecular flexibility index (Phi) is 2.35. The standard InChI is InChI=1S/C10H18N2/c1-12-7-3-5-10(12)9-4-2-6-11-8-9/h8,10-11H,2-7H2,1H3. The van der Waals surface area contributed by atoms with Gasteiger partial charge in [-0.05, 0) is 51.0 Å². The number of hydrogen-bond donors (Lipinski definition) is 1. The number of hydrogen-bond acceptors (Lipinski definition) is 2. The molecule has 1 N–H and O–H groups in total. The molecular weight excluding hydrogens is 148 g/mol. The molecule has 0 aromatic carbocycles. The van der Waals surface area contributed by atoms with Gasteiger partial charge in [0, 0.05) is 12.6 Å². The van der Waals surface area contributed by atoms with E-state index in [1.54, 1.807) is 5.57 Å². The lowest BCUT2D eigenvalue weighted by atomic mass is 9.99. The summed E-state index contributed by atoms with van der Waals surface area (Å²) in [7, 11) is 2.24. The summed E-state index contributed by atoms with van der Waals surface area (Å²) in [5, 5.41) is 3.34. The zero-order chi connectivity index (χ0) is 8.39. The largest absolute Gasteiger partial charge is 0.391 e. The molecule has 2 aliphatic heterocycles. The first-order chi connectivity index (χ1) is 5.88. The predicted molar refractivity (Wildman–Crippen MR) is 51.0 cm³/mol. The number of likely N-dealkylation sites (N-methyl/N-ethyl adjacent to an activating group) is 1. The van der Waals surface area contributed by atoms with Crippen molar-refractivity contribution in [1.82, 2.24) is 10.2 Å². The van der Waals surface area contributed by atoms with Crippen LogP contribution in [0.15, 0.2) is 11.8 Å². The predicted octanol–water partition coefficient (Wildman–Crippen LogP) is 1.35. The van der Waals surface area contributed by atoms with Gasteiger partial charge in [-0.2, -0.15) is 0 Å². The van der Waals surface area contributed by atoms with Crippen LogP contribution in [0.5, 0.6) is 0 Å². The van der Waals surface area contributed by atoms with Crippen LogP contribution in [0.3, 0.4) is 0 Å². The van der Waals surface area contributed by atoms with Gasteiger partial charge in [0.25, 0.3) is 0 Å². The molecular formula is C10H18N2. The third kappa shape index (κ3) is 1.48. The Bertz CT molecular complexity index is 186. The second-order valence-corrected chi connectivity index (χ2v) is 3.92. The summed E-state index contributed by atoms with van der Waals surface area (Å²) >= 11 is 0.